The van der Waals surface area contributed by atoms with Crippen LogP contribution in [0, 0.1) is 5.41 Å². The van der Waals surface area contributed by atoms with Crippen molar-refractivity contribution in [3.05, 3.63) is 77.4 Å². The van der Waals surface area contributed by atoms with Gasteiger partial charge >= 0.3 is 0 Å². The van der Waals surface area contributed by atoms with E-state index in [0.717, 1.165) is 17.5 Å². The summed E-state index contributed by atoms with van der Waals surface area (Å²) in [5, 5.41) is 2.06. The maximum atomic E-state index is 12.9. The van der Waals surface area contributed by atoms with Gasteiger partial charge in [-0.05, 0) is 53.5 Å². The van der Waals surface area contributed by atoms with E-state index in [4.69, 9.17) is 5.73 Å². The zero-order chi connectivity index (χ0) is 21.0. The summed E-state index contributed by atoms with van der Waals surface area (Å²) in [6.45, 7) is 1.03. The van der Waals surface area contributed by atoms with Crippen LogP contribution in [-0.2, 0) is 22.4 Å². The van der Waals surface area contributed by atoms with E-state index < -0.39 is 5.41 Å². The van der Waals surface area contributed by atoms with Gasteiger partial charge in [-0.2, -0.15) is 0 Å². The van der Waals surface area contributed by atoms with Crippen LogP contribution in [-0.4, -0.2) is 34.8 Å². The van der Waals surface area contributed by atoms with Gasteiger partial charge in [0.1, 0.15) is 0 Å². The number of nitrogens with zero attached hydrogens (tertiary/aromatic N) is 2. The minimum Gasteiger partial charge on any atom is -0.369 e. The third kappa shape index (κ3) is 4.44. The number of aromatic nitrogens is 1. The zero-order valence-corrected chi connectivity index (χ0v) is 17.6. The third-order valence-electron chi connectivity index (χ3n) is 5.83. The second kappa shape index (κ2) is 8.79. The lowest BCUT2D eigenvalue weighted by Crippen LogP contribution is -2.53. The second-order valence-electron chi connectivity index (χ2n) is 7.95. The average molecular weight is 420 g/mol. The number of hydrogen-bond donors (Lipinski definition) is 1. The van der Waals surface area contributed by atoms with E-state index in [-0.39, 0.29) is 18.2 Å². The summed E-state index contributed by atoms with van der Waals surface area (Å²) in [4.78, 5) is 32.5. The molecule has 154 valence electrons. The molecule has 1 saturated heterocycles. The number of pyridine rings is 1. The van der Waals surface area contributed by atoms with Gasteiger partial charge in [0.2, 0.25) is 11.8 Å². The highest BCUT2D eigenvalue weighted by atomic mass is 32.1. The van der Waals surface area contributed by atoms with Gasteiger partial charge in [-0.25, -0.2) is 0 Å². The number of thiophene rings is 1. The molecule has 0 aliphatic carbocycles. The van der Waals surface area contributed by atoms with Crippen molar-refractivity contribution in [3.8, 4) is 10.4 Å². The summed E-state index contributed by atoms with van der Waals surface area (Å²) >= 11 is 1.70. The second-order valence-corrected chi connectivity index (χ2v) is 8.90. The molecule has 2 amide bonds. The number of benzene rings is 1. The number of rotatable bonds is 6. The minimum atomic E-state index is -0.729. The number of likely N-dealkylation sites (tertiary alicyclic amines) is 1. The molecule has 0 unspecified atom stereocenters. The zero-order valence-electron chi connectivity index (χ0n) is 16.8. The predicted molar refractivity (Wildman–Crippen MR) is 119 cm³/mol. The van der Waals surface area contributed by atoms with Crippen molar-refractivity contribution < 1.29 is 9.59 Å². The molecular weight excluding hydrogens is 394 g/mol. The van der Waals surface area contributed by atoms with Crippen LogP contribution in [0.3, 0.4) is 0 Å². The van der Waals surface area contributed by atoms with E-state index in [1.807, 2.05) is 18.2 Å². The van der Waals surface area contributed by atoms with Gasteiger partial charge in [-0.1, -0.05) is 36.4 Å². The molecule has 0 bridgehead atoms. The van der Waals surface area contributed by atoms with Crippen LogP contribution in [0.1, 0.15) is 24.0 Å². The molecule has 1 fully saturated rings. The summed E-state index contributed by atoms with van der Waals surface area (Å²) in [6, 6.07) is 16.2. The first-order valence-corrected chi connectivity index (χ1v) is 11.0. The summed E-state index contributed by atoms with van der Waals surface area (Å²) in [5.74, 6) is -0.315. The first-order valence-electron chi connectivity index (χ1n) is 10.2. The van der Waals surface area contributed by atoms with Crippen LogP contribution in [0.25, 0.3) is 10.4 Å². The summed E-state index contributed by atoms with van der Waals surface area (Å²) < 4.78 is 0. The van der Waals surface area contributed by atoms with Gasteiger partial charge in [0.25, 0.3) is 0 Å². The number of primary amides is 1. The Labute approximate surface area is 180 Å². The van der Waals surface area contributed by atoms with E-state index in [1.54, 1.807) is 28.6 Å². The van der Waals surface area contributed by atoms with Crippen LogP contribution in [0.2, 0.25) is 0 Å². The number of nitrogens with two attached hydrogens (primary N) is 1. The quantitative estimate of drug-likeness (QED) is 0.662. The Morgan fingerprint density at radius 1 is 1.10 bits per heavy atom. The van der Waals surface area contributed by atoms with Crippen molar-refractivity contribution >= 4 is 23.2 Å². The maximum absolute atomic E-state index is 12.9. The third-order valence-corrected chi connectivity index (χ3v) is 6.75. The Hall–Kier alpha value is -2.99. The molecule has 6 heteroatoms. The van der Waals surface area contributed by atoms with Crippen LogP contribution in [0.5, 0.6) is 0 Å². The van der Waals surface area contributed by atoms with Crippen molar-refractivity contribution in [1.82, 2.24) is 9.88 Å². The SMILES string of the molecule is NC(=O)[C@]1(Cc2ccc(-c3cccs3)cc2)CCCN(C(=O)Cc2cccnc2)C1. The Kier molecular flexibility index (Phi) is 5.95. The van der Waals surface area contributed by atoms with E-state index in [2.05, 4.69) is 40.7 Å². The van der Waals surface area contributed by atoms with Gasteiger partial charge in [0.15, 0.2) is 0 Å². The molecule has 3 heterocycles. The average Bonchev–Trinajstić information content (AvgIpc) is 3.30. The van der Waals surface area contributed by atoms with Crippen molar-refractivity contribution in [2.24, 2.45) is 11.1 Å². The molecule has 2 N–H and O–H groups in total. The molecule has 1 aliphatic heterocycles. The van der Waals surface area contributed by atoms with Gasteiger partial charge < -0.3 is 10.6 Å². The lowest BCUT2D eigenvalue weighted by Gasteiger charge is -2.41. The molecule has 0 radical (unpaired) electrons. The minimum absolute atomic E-state index is 0.0152. The highest BCUT2D eigenvalue weighted by Gasteiger charge is 2.42. The topological polar surface area (TPSA) is 76.3 Å². The van der Waals surface area contributed by atoms with E-state index in [0.29, 0.717) is 25.9 Å². The van der Waals surface area contributed by atoms with Crippen molar-refractivity contribution in [1.29, 1.82) is 0 Å². The Morgan fingerprint density at radius 3 is 2.60 bits per heavy atom. The molecule has 2 aromatic heterocycles. The Bertz CT molecular complexity index is 1000. The smallest absolute Gasteiger partial charge is 0.227 e. The van der Waals surface area contributed by atoms with Crippen LogP contribution in [0.15, 0.2) is 66.3 Å². The number of amides is 2. The summed E-state index contributed by atoms with van der Waals surface area (Å²) in [6.07, 6.45) is 5.71. The van der Waals surface area contributed by atoms with Crippen LogP contribution < -0.4 is 5.73 Å². The van der Waals surface area contributed by atoms with Gasteiger partial charge in [-0.3, -0.25) is 14.6 Å². The van der Waals surface area contributed by atoms with Crippen molar-refractivity contribution in [2.45, 2.75) is 25.7 Å². The molecule has 1 atom stereocenters. The Morgan fingerprint density at radius 2 is 1.93 bits per heavy atom. The van der Waals surface area contributed by atoms with E-state index in [1.165, 1.54) is 10.4 Å². The normalized spacial score (nSPS) is 18.9. The van der Waals surface area contributed by atoms with Gasteiger partial charge in [-0.15, -0.1) is 11.3 Å². The molecular formula is C24H25N3O2S. The Balaban J connectivity index is 1.49. The summed E-state index contributed by atoms with van der Waals surface area (Å²) in [5.41, 5.74) is 8.27. The molecule has 0 spiro atoms. The maximum Gasteiger partial charge on any atom is 0.227 e. The molecule has 5 nitrogen and oxygen atoms in total. The fourth-order valence-electron chi connectivity index (χ4n) is 4.19. The monoisotopic (exact) mass is 419 g/mol. The summed E-state index contributed by atoms with van der Waals surface area (Å²) in [7, 11) is 0. The number of carbonyl (C=O) groups excluding carboxylic acids is 2. The number of hydrogen-bond acceptors (Lipinski definition) is 4. The predicted octanol–water partition coefficient (Wildman–Crippen LogP) is 3.69. The fourth-order valence-corrected chi connectivity index (χ4v) is 4.92. The van der Waals surface area contributed by atoms with Crippen LogP contribution >= 0.6 is 11.3 Å². The highest BCUT2D eigenvalue weighted by Crippen LogP contribution is 2.35. The van der Waals surface area contributed by atoms with Crippen LogP contribution in [0.4, 0.5) is 0 Å². The van der Waals surface area contributed by atoms with E-state index in [9.17, 15) is 9.59 Å². The van der Waals surface area contributed by atoms with Gasteiger partial charge in [0.05, 0.1) is 11.8 Å². The lowest BCUT2D eigenvalue weighted by molar-refractivity contribution is -0.139. The van der Waals surface area contributed by atoms with E-state index >= 15 is 0 Å². The van der Waals surface area contributed by atoms with Crippen molar-refractivity contribution in [3.63, 3.8) is 0 Å². The molecule has 1 aliphatic rings. The lowest BCUT2D eigenvalue weighted by atomic mass is 9.74. The molecule has 30 heavy (non-hydrogen) atoms. The molecule has 1 aromatic carbocycles. The molecule has 3 aromatic rings. The standard InChI is InChI=1S/C24H25N3O2S/c25-23(29)24(15-18-6-8-20(9-7-18)21-5-2-13-30-21)10-3-12-27(17-24)22(28)14-19-4-1-11-26-16-19/h1-2,4-9,11,13,16H,3,10,12,14-15,17H2,(H2,25,29)/t24-/m0/s1. The first-order chi connectivity index (χ1) is 14.6. The van der Waals surface area contributed by atoms with Gasteiger partial charge in [0, 0.05) is 30.4 Å². The fraction of sp³-hybridized carbons (Fsp3) is 0.292. The largest absolute Gasteiger partial charge is 0.369 e. The highest BCUT2D eigenvalue weighted by molar-refractivity contribution is 7.13. The van der Waals surface area contributed by atoms with Crippen molar-refractivity contribution in [2.75, 3.05) is 13.1 Å². The first kappa shape index (κ1) is 20.3. The number of piperidine rings is 1. The number of carbonyl (C=O) groups is 2. The molecule has 4 rings (SSSR count). The molecule has 0 saturated carbocycles.